The number of anilines is 1. The average molecular weight is 459 g/mol. The maximum Gasteiger partial charge on any atom is 0.241 e. The van der Waals surface area contributed by atoms with Gasteiger partial charge < -0.3 is 14.5 Å². The lowest BCUT2D eigenvalue weighted by Crippen LogP contribution is -2.53. The van der Waals surface area contributed by atoms with E-state index in [0.29, 0.717) is 6.61 Å². The summed E-state index contributed by atoms with van der Waals surface area (Å²) in [6.07, 6.45) is 0.758. The minimum absolute atomic E-state index is 0.149. The predicted octanol–water partition coefficient (Wildman–Crippen LogP) is 3.10. The Morgan fingerprint density at radius 1 is 1.07 bits per heavy atom. The number of amides is 1. The first-order valence-corrected chi connectivity index (χ1v) is 11.0. The summed E-state index contributed by atoms with van der Waals surface area (Å²) >= 11 is 3.47. The third kappa shape index (κ3) is 4.57. The van der Waals surface area contributed by atoms with E-state index in [1.807, 2.05) is 42.2 Å². The van der Waals surface area contributed by atoms with E-state index in [1.165, 1.54) is 5.56 Å². The van der Waals surface area contributed by atoms with Gasteiger partial charge in [0.25, 0.3) is 0 Å². The molecule has 2 aromatic rings. The Morgan fingerprint density at radius 2 is 1.79 bits per heavy atom. The number of carbonyl (C=O) groups is 1. The highest BCUT2D eigenvalue weighted by Gasteiger charge is 2.34. The number of nitrogens with zero attached hydrogens (tertiary/aromatic N) is 2. The number of hydrazine groups is 1. The van der Waals surface area contributed by atoms with Crippen molar-refractivity contribution in [3.63, 3.8) is 0 Å². The van der Waals surface area contributed by atoms with Crippen molar-refractivity contribution >= 4 is 27.5 Å². The molecular formula is C22H27BrN4O2. The zero-order valence-electron chi connectivity index (χ0n) is 16.6. The number of piperazine rings is 1. The van der Waals surface area contributed by atoms with Crippen molar-refractivity contribution in [2.45, 2.75) is 25.4 Å². The van der Waals surface area contributed by atoms with E-state index >= 15 is 0 Å². The quantitative estimate of drug-likeness (QED) is 0.720. The number of hydrogen-bond donors (Lipinski definition) is 2. The highest BCUT2D eigenvalue weighted by Crippen LogP contribution is 2.29. The minimum atomic E-state index is -0.189. The van der Waals surface area contributed by atoms with Crippen molar-refractivity contribution in [2.75, 3.05) is 37.7 Å². The van der Waals surface area contributed by atoms with Gasteiger partial charge in [-0.15, -0.1) is 0 Å². The Hall–Kier alpha value is -2.09. The van der Waals surface area contributed by atoms with E-state index in [2.05, 4.69) is 49.9 Å². The largest absolute Gasteiger partial charge is 0.492 e. The van der Waals surface area contributed by atoms with Crippen LogP contribution in [0.5, 0.6) is 5.75 Å². The molecule has 2 atom stereocenters. The second-order valence-corrected chi connectivity index (χ2v) is 8.31. The first kappa shape index (κ1) is 20.2. The second-order valence-electron chi connectivity index (χ2n) is 7.39. The molecule has 2 heterocycles. The van der Waals surface area contributed by atoms with Crippen LogP contribution in [0.1, 0.15) is 24.9 Å². The maximum absolute atomic E-state index is 13.0. The summed E-state index contributed by atoms with van der Waals surface area (Å²) in [4.78, 5) is 17.3. The lowest BCUT2D eigenvalue weighted by atomic mass is 10.0. The molecule has 154 valence electrons. The van der Waals surface area contributed by atoms with Crippen LogP contribution in [0.2, 0.25) is 0 Å². The molecule has 1 amide bonds. The number of halogens is 1. The third-order valence-corrected chi connectivity index (χ3v) is 6.10. The summed E-state index contributed by atoms with van der Waals surface area (Å²) in [5.74, 6) is 1.09. The lowest BCUT2D eigenvalue weighted by molar-refractivity contribution is -0.133. The summed E-state index contributed by atoms with van der Waals surface area (Å²) in [5, 5.41) is 0. The Kier molecular flexibility index (Phi) is 6.37. The molecule has 2 aliphatic heterocycles. The monoisotopic (exact) mass is 458 g/mol. The van der Waals surface area contributed by atoms with Crippen LogP contribution in [0.15, 0.2) is 53.0 Å². The predicted molar refractivity (Wildman–Crippen MR) is 118 cm³/mol. The van der Waals surface area contributed by atoms with Crippen LogP contribution < -0.4 is 20.5 Å². The van der Waals surface area contributed by atoms with Gasteiger partial charge in [-0.3, -0.25) is 4.79 Å². The lowest BCUT2D eigenvalue weighted by Gasteiger charge is -2.37. The number of nitrogens with one attached hydrogen (secondary N) is 2. The molecule has 7 heteroatoms. The molecule has 2 fully saturated rings. The molecule has 0 saturated carbocycles. The van der Waals surface area contributed by atoms with Crippen molar-refractivity contribution in [1.29, 1.82) is 0 Å². The smallest absolute Gasteiger partial charge is 0.241 e. The summed E-state index contributed by atoms with van der Waals surface area (Å²) in [5.41, 5.74) is 8.77. The van der Waals surface area contributed by atoms with E-state index in [-0.39, 0.29) is 18.0 Å². The molecule has 2 saturated heterocycles. The number of carbonyl (C=O) groups excluding carboxylic acids is 1. The van der Waals surface area contributed by atoms with Gasteiger partial charge in [-0.2, -0.15) is 0 Å². The molecule has 2 aromatic carbocycles. The van der Waals surface area contributed by atoms with Gasteiger partial charge in [0.1, 0.15) is 11.8 Å². The Balaban J connectivity index is 1.33. The molecule has 0 radical (unpaired) electrons. The zero-order chi connectivity index (χ0) is 20.2. The minimum Gasteiger partial charge on any atom is -0.492 e. The number of ether oxygens (including phenoxy) is 1. The molecule has 2 aliphatic rings. The fourth-order valence-electron chi connectivity index (χ4n) is 4.02. The normalized spacial score (nSPS) is 22.0. The number of hydrogen-bond acceptors (Lipinski definition) is 5. The third-order valence-electron chi connectivity index (χ3n) is 5.57. The Labute approximate surface area is 180 Å². The molecule has 2 unspecified atom stereocenters. The second kappa shape index (κ2) is 9.15. The molecular weight excluding hydrogens is 432 g/mol. The first-order chi connectivity index (χ1) is 14.2. The van der Waals surface area contributed by atoms with E-state index in [4.69, 9.17) is 4.74 Å². The summed E-state index contributed by atoms with van der Waals surface area (Å²) in [6.45, 7) is 5.71. The summed E-state index contributed by atoms with van der Waals surface area (Å²) < 4.78 is 6.82. The van der Waals surface area contributed by atoms with Crippen LogP contribution in [0.3, 0.4) is 0 Å². The topological polar surface area (TPSA) is 56.8 Å². The van der Waals surface area contributed by atoms with Crippen LogP contribution in [-0.4, -0.2) is 49.6 Å². The van der Waals surface area contributed by atoms with E-state index in [9.17, 15) is 4.79 Å². The van der Waals surface area contributed by atoms with Gasteiger partial charge in [-0.05, 0) is 43.2 Å². The highest BCUT2D eigenvalue weighted by atomic mass is 79.9. The average Bonchev–Trinajstić information content (AvgIpc) is 3.25. The van der Waals surface area contributed by atoms with E-state index in [0.717, 1.165) is 48.5 Å². The fraction of sp³-hybridized carbons (Fsp3) is 0.409. The Bertz CT molecular complexity index is 837. The standard InChI is InChI=1S/C22H27BrN4O2/c1-2-29-21-6-4-3-5-20(21)26-11-13-27(14-12-26)22(28)19-15-18(24-25-19)16-7-9-17(23)10-8-16/h3-10,18-19,24-25H,2,11-15H2,1H3. The summed E-state index contributed by atoms with van der Waals surface area (Å²) in [7, 11) is 0. The number of rotatable bonds is 5. The van der Waals surface area contributed by atoms with Gasteiger partial charge in [0.05, 0.1) is 12.3 Å². The molecule has 4 rings (SSSR count). The molecule has 0 aromatic heterocycles. The Morgan fingerprint density at radius 3 is 2.52 bits per heavy atom. The number of para-hydroxylation sites is 2. The van der Waals surface area contributed by atoms with Gasteiger partial charge in [0, 0.05) is 36.7 Å². The fourth-order valence-corrected chi connectivity index (χ4v) is 4.28. The molecule has 0 aliphatic carbocycles. The van der Waals surface area contributed by atoms with Crippen LogP contribution in [-0.2, 0) is 4.79 Å². The van der Waals surface area contributed by atoms with Crippen LogP contribution in [0.4, 0.5) is 5.69 Å². The van der Waals surface area contributed by atoms with Gasteiger partial charge in [0.2, 0.25) is 5.91 Å². The zero-order valence-corrected chi connectivity index (χ0v) is 18.2. The van der Waals surface area contributed by atoms with Gasteiger partial charge in [0.15, 0.2) is 0 Å². The summed E-state index contributed by atoms with van der Waals surface area (Å²) in [6, 6.07) is 16.3. The maximum atomic E-state index is 13.0. The van der Waals surface area contributed by atoms with Crippen molar-refractivity contribution in [3.8, 4) is 5.75 Å². The van der Waals surface area contributed by atoms with Gasteiger partial charge in [-0.25, -0.2) is 10.9 Å². The van der Waals surface area contributed by atoms with Crippen molar-refractivity contribution < 1.29 is 9.53 Å². The molecule has 29 heavy (non-hydrogen) atoms. The molecule has 0 spiro atoms. The van der Waals surface area contributed by atoms with E-state index in [1.54, 1.807) is 0 Å². The van der Waals surface area contributed by atoms with Crippen molar-refractivity contribution in [1.82, 2.24) is 15.8 Å². The first-order valence-electron chi connectivity index (χ1n) is 10.2. The van der Waals surface area contributed by atoms with Gasteiger partial charge in [-0.1, -0.05) is 40.2 Å². The molecule has 0 bridgehead atoms. The van der Waals surface area contributed by atoms with Crippen LogP contribution in [0.25, 0.3) is 0 Å². The van der Waals surface area contributed by atoms with Crippen LogP contribution in [0, 0.1) is 0 Å². The van der Waals surface area contributed by atoms with Crippen molar-refractivity contribution in [3.05, 3.63) is 58.6 Å². The number of benzene rings is 2. The van der Waals surface area contributed by atoms with E-state index < -0.39 is 0 Å². The SMILES string of the molecule is CCOc1ccccc1N1CCN(C(=O)C2CC(c3ccc(Br)cc3)NN2)CC1. The molecule has 2 N–H and O–H groups in total. The highest BCUT2D eigenvalue weighted by molar-refractivity contribution is 9.10. The van der Waals surface area contributed by atoms with Gasteiger partial charge >= 0.3 is 0 Å². The molecule has 6 nitrogen and oxygen atoms in total. The van der Waals surface area contributed by atoms with Crippen LogP contribution >= 0.6 is 15.9 Å². The van der Waals surface area contributed by atoms with Crippen molar-refractivity contribution in [2.24, 2.45) is 0 Å².